The molecule has 0 spiro atoms. The van der Waals surface area contributed by atoms with E-state index < -0.39 is 11.9 Å². The molecule has 1 saturated carbocycles. The topological polar surface area (TPSA) is 121 Å². The summed E-state index contributed by atoms with van der Waals surface area (Å²) in [5, 5.41) is 9.18. The summed E-state index contributed by atoms with van der Waals surface area (Å²) >= 11 is 0. The normalized spacial score (nSPS) is 16.4. The van der Waals surface area contributed by atoms with Gasteiger partial charge in [0.2, 0.25) is 0 Å². The van der Waals surface area contributed by atoms with Crippen molar-refractivity contribution in [2.24, 2.45) is 27.6 Å². The molecule has 1 fully saturated rings. The zero-order valence-corrected chi connectivity index (χ0v) is 22.3. The van der Waals surface area contributed by atoms with E-state index in [1.54, 1.807) is 26.3 Å². The molecule has 2 rings (SSSR count). The van der Waals surface area contributed by atoms with Crippen LogP contribution in [0.2, 0.25) is 0 Å². The van der Waals surface area contributed by atoms with Crippen molar-refractivity contribution in [1.82, 2.24) is 10.6 Å². The van der Waals surface area contributed by atoms with Gasteiger partial charge in [-0.1, -0.05) is 26.0 Å². The minimum atomic E-state index is -0.900. The summed E-state index contributed by atoms with van der Waals surface area (Å²) in [5.41, 5.74) is 9.90. The maximum atomic E-state index is 12.2. The molecule has 194 valence electrons. The van der Waals surface area contributed by atoms with E-state index in [4.69, 9.17) is 10.7 Å². The number of urea groups is 1. The molecular weight excluding hydrogens is 452 g/mol. The van der Waals surface area contributed by atoms with Crippen molar-refractivity contribution >= 4 is 29.7 Å². The molecule has 0 heterocycles. The van der Waals surface area contributed by atoms with E-state index in [2.05, 4.69) is 46.9 Å². The number of nitrogens with one attached hydrogen (secondary N) is 3. The van der Waals surface area contributed by atoms with E-state index in [0.717, 1.165) is 35.8 Å². The van der Waals surface area contributed by atoms with E-state index in [9.17, 15) is 9.59 Å². The first-order valence-corrected chi connectivity index (χ1v) is 12.4. The molecule has 3 amide bonds. The highest BCUT2D eigenvalue weighted by atomic mass is 16.2. The van der Waals surface area contributed by atoms with E-state index in [1.165, 1.54) is 12.8 Å². The van der Waals surface area contributed by atoms with Crippen LogP contribution in [0.25, 0.3) is 0 Å². The third-order valence-electron chi connectivity index (χ3n) is 5.96. The van der Waals surface area contributed by atoms with Crippen LogP contribution in [0, 0.1) is 18.8 Å². The lowest BCUT2D eigenvalue weighted by Gasteiger charge is -2.18. The van der Waals surface area contributed by atoms with Crippen LogP contribution >= 0.6 is 0 Å². The number of hydrogen-bond acceptors (Lipinski definition) is 5. The molecule has 0 radical (unpaired) electrons. The fourth-order valence-electron chi connectivity index (χ4n) is 3.41. The van der Waals surface area contributed by atoms with Crippen LogP contribution < -0.4 is 21.7 Å². The number of imide groups is 1. The van der Waals surface area contributed by atoms with E-state index >= 15 is 0 Å². The molecule has 0 aliphatic heterocycles. The number of nitrogens with two attached hydrogens (primary N) is 1. The minimum Gasteiger partial charge on any atom is -0.388 e. The van der Waals surface area contributed by atoms with Crippen LogP contribution in [0.1, 0.15) is 52.5 Å². The van der Waals surface area contributed by atoms with Gasteiger partial charge in [-0.15, -0.1) is 0 Å². The Morgan fingerprint density at radius 2 is 1.94 bits per heavy atom. The summed E-state index contributed by atoms with van der Waals surface area (Å²) in [6.45, 7) is 10.9. The Kier molecular flexibility index (Phi) is 11.1. The fraction of sp³-hybridized carbons (Fsp3) is 0.429. The molecule has 8 heteroatoms. The van der Waals surface area contributed by atoms with Gasteiger partial charge in [0.05, 0.1) is 0 Å². The van der Waals surface area contributed by atoms with Gasteiger partial charge in [-0.3, -0.25) is 15.1 Å². The highest BCUT2D eigenvalue weighted by molar-refractivity contribution is 6.06. The molecule has 5 N–H and O–H groups in total. The Labute approximate surface area is 214 Å². The van der Waals surface area contributed by atoms with Crippen LogP contribution in [0.4, 0.5) is 10.5 Å². The molecule has 0 unspecified atom stereocenters. The van der Waals surface area contributed by atoms with Gasteiger partial charge in [0, 0.05) is 48.0 Å². The van der Waals surface area contributed by atoms with Crippen molar-refractivity contribution in [1.29, 1.82) is 0 Å². The number of aliphatic imine (C=N–C) groups is 2. The number of aryl methyl sites for hydroxylation is 1. The lowest BCUT2D eigenvalue weighted by atomic mass is 10.0. The Hall–Kier alpha value is -3.68. The van der Waals surface area contributed by atoms with Crippen molar-refractivity contribution in [3.05, 3.63) is 64.5 Å². The highest BCUT2D eigenvalue weighted by Gasteiger charge is 2.22. The van der Waals surface area contributed by atoms with Crippen molar-refractivity contribution in [3.63, 3.8) is 0 Å². The Balaban J connectivity index is 2.53. The number of nitrogens with zero attached hydrogens (tertiary/aromatic N) is 2. The molecular formula is C28H40N6O2. The number of hydrogen-bond donors (Lipinski definition) is 4. The second-order valence-corrected chi connectivity index (χ2v) is 9.30. The standard InChI is InChI=1S/C28H40N6O2/c1-7-19(3)25(31-16-22-11-12-22)15-26(33-24-10-8-9-18(2)13-24)32-21(5)23(17-30-6)14-20(4)27(35)34-28(29)36/h8-10,13-15,17,19,22,31H,7,11-12,16H2,1-6H3,(H,32,33)(H3,29,34,35,36)/b20-14+,23-21+,25-15+,30-17-/t19-/m1/s1. The quantitative estimate of drug-likeness (QED) is 0.153. The number of rotatable bonds is 11. The lowest BCUT2D eigenvalue weighted by molar-refractivity contribution is -0.116. The number of primary amides is 1. The van der Waals surface area contributed by atoms with Gasteiger partial charge in [-0.25, -0.2) is 9.79 Å². The smallest absolute Gasteiger partial charge is 0.319 e. The largest absolute Gasteiger partial charge is 0.388 e. The first-order chi connectivity index (χ1) is 17.1. The maximum Gasteiger partial charge on any atom is 0.319 e. The van der Waals surface area contributed by atoms with Crippen molar-refractivity contribution < 1.29 is 9.59 Å². The molecule has 0 aromatic heterocycles. The average molecular weight is 493 g/mol. The van der Waals surface area contributed by atoms with Gasteiger partial charge in [0.1, 0.15) is 5.84 Å². The van der Waals surface area contributed by atoms with Crippen molar-refractivity contribution in [3.8, 4) is 0 Å². The molecule has 0 bridgehead atoms. The molecule has 1 atom stereocenters. The highest BCUT2D eigenvalue weighted by Crippen LogP contribution is 2.28. The van der Waals surface area contributed by atoms with Crippen LogP contribution in [0.15, 0.2) is 68.9 Å². The Morgan fingerprint density at radius 3 is 2.53 bits per heavy atom. The molecule has 1 aromatic carbocycles. The predicted octanol–water partition coefficient (Wildman–Crippen LogP) is 4.85. The van der Waals surface area contributed by atoms with Gasteiger partial charge < -0.3 is 16.4 Å². The van der Waals surface area contributed by atoms with Gasteiger partial charge in [0.25, 0.3) is 5.91 Å². The molecule has 1 aliphatic carbocycles. The SMILES string of the molecule is CC[C@@H](C)/C(=C\C(=N/C(C)=C(/C=N\C)\C=C(/C)C(=O)NC(N)=O)Nc1cccc(C)c1)NCC1CC1. The van der Waals surface area contributed by atoms with Crippen LogP contribution in [0.3, 0.4) is 0 Å². The third-order valence-corrected chi connectivity index (χ3v) is 5.96. The van der Waals surface area contributed by atoms with Crippen molar-refractivity contribution in [2.45, 2.75) is 53.9 Å². The van der Waals surface area contributed by atoms with Gasteiger partial charge in [-0.05, 0) is 81.7 Å². The second kappa shape index (κ2) is 14.0. The monoisotopic (exact) mass is 492 g/mol. The number of amidine groups is 1. The number of benzene rings is 1. The maximum absolute atomic E-state index is 12.2. The van der Waals surface area contributed by atoms with E-state index in [1.807, 2.05) is 32.0 Å². The van der Waals surface area contributed by atoms with Crippen LogP contribution in [-0.2, 0) is 4.79 Å². The van der Waals surface area contributed by atoms with Gasteiger partial charge in [0.15, 0.2) is 0 Å². The molecule has 1 aromatic rings. The van der Waals surface area contributed by atoms with Crippen LogP contribution in [0.5, 0.6) is 0 Å². The summed E-state index contributed by atoms with van der Waals surface area (Å²) in [6.07, 6.45) is 8.90. The second-order valence-electron chi connectivity index (χ2n) is 9.30. The third kappa shape index (κ3) is 9.90. The number of allylic oxidation sites excluding steroid dienone is 4. The summed E-state index contributed by atoms with van der Waals surface area (Å²) < 4.78 is 0. The average Bonchev–Trinajstić information content (AvgIpc) is 3.64. The van der Waals surface area contributed by atoms with E-state index in [-0.39, 0.29) is 0 Å². The summed E-state index contributed by atoms with van der Waals surface area (Å²) in [5.74, 6) is 1.19. The summed E-state index contributed by atoms with van der Waals surface area (Å²) in [6, 6.07) is 7.22. The number of carbonyl (C=O) groups is 2. The summed E-state index contributed by atoms with van der Waals surface area (Å²) in [7, 11) is 1.65. The number of carbonyl (C=O) groups excluding carboxylic acids is 2. The fourth-order valence-corrected chi connectivity index (χ4v) is 3.41. The molecule has 1 aliphatic rings. The zero-order valence-electron chi connectivity index (χ0n) is 22.3. The Morgan fingerprint density at radius 1 is 1.22 bits per heavy atom. The lowest BCUT2D eigenvalue weighted by Crippen LogP contribution is -2.35. The van der Waals surface area contributed by atoms with Gasteiger partial charge in [-0.2, -0.15) is 0 Å². The molecule has 0 saturated heterocycles. The minimum absolute atomic E-state index is 0.313. The Bertz CT molecular complexity index is 1090. The first kappa shape index (κ1) is 28.6. The zero-order chi connectivity index (χ0) is 26.7. The number of amides is 3. The predicted molar refractivity (Wildman–Crippen MR) is 149 cm³/mol. The van der Waals surface area contributed by atoms with Crippen molar-refractivity contribution in [2.75, 3.05) is 18.9 Å². The first-order valence-electron chi connectivity index (χ1n) is 12.4. The van der Waals surface area contributed by atoms with E-state index in [0.29, 0.717) is 28.6 Å². The molecule has 36 heavy (non-hydrogen) atoms. The summed E-state index contributed by atoms with van der Waals surface area (Å²) in [4.78, 5) is 32.3. The molecule has 8 nitrogen and oxygen atoms in total. The number of anilines is 1. The van der Waals surface area contributed by atoms with Crippen LogP contribution in [-0.4, -0.2) is 37.6 Å². The van der Waals surface area contributed by atoms with Gasteiger partial charge >= 0.3 is 6.03 Å².